The van der Waals surface area contributed by atoms with Crippen LogP contribution in [-0.2, 0) is 4.43 Å². The fraction of sp³-hybridized carbons (Fsp3) is 0.438. The van der Waals surface area contributed by atoms with Crippen molar-refractivity contribution < 1.29 is 4.43 Å². The molecule has 0 unspecified atom stereocenters. The van der Waals surface area contributed by atoms with Gasteiger partial charge in [0.1, 0.15) is 0 Å². The minimum atomic E-state index is -2.45. The van der Waals surface area contributed by atoms with Gasteiger partial charge in [0, 0.05) is 0 Å². The lowest BCUT2D eigenvalue weighted by atomic mass is 10.1. The summed E-state index contributed by atoms with van der Waals surface area (Å²) in [7, 11) is -2.45. The number of hydrogen-bond donors (Lipinski definition) is 0. The molecule has 2 aromatic rings. The third kappa shape index (κ3) is 7.96. The first-order valence-corrected chi connectivity index (χ1v) is 14.8. The normalized spacial score (nSPS) is 13.9. The molecule has 1 nitrogen and oxygen atoms in total. The molecule has 0 amide bonds. The molecule has 0 aromatic heterocycles. The monoisotopic (exact) mass is 474 g/mol. The molecule has 0 saturated heterocycles. The highest BCUT2D eigenvalue weighted by atomic mass is 28.4. The molecule has 2 rings (SSSR count). The van der Waals surface area contributed by atoms with E-state index >= 15 is 0 Å². The molecule has 0 atom stereocenters. The van der Waals surface area contributed by atoms with Crippen LogP contribution in [0.4, 0.5) is 0 Å². The Kier molecular flexibility index (Phi) is 11.3. The SMILES string of the molecule is CC/C(C)=C\CC/C(C)=C/CC/C(C)=C/CO[Si](c1ccccc1)(c1ccccc1)C(C)(C)C. The van der Waals surface area contributed by atoms with Crippen LogP contribution in [0.2, 0.25) is 5.04 Å². The molecule has 34 heavy (non-hydrogen) atoms. The Bertz CT molecular complexity index is 906. The number of hydrogen-bond acceptors (Lipinski definition) is 1. The lowest BCUT2D eigenvalue weighted by Crippen LogP contribution is -2.66. The van der Waals surface area contributed by atoms with Crippen LogP contribution in [0.5, 0.6) is 0 Å². The highest BCUT2D eigenvalue weighted by molar-refractivity contribution is 6.99. The maximum absolute atomic E-state index is 6.99. The fourth-order valence-corrected chi connectivity index (χ4v) is 9.00. The van der Waals surface area contributed by atoms with Crippen LogP contribution in [-0.4, -0.2) is 14.9 Å². The van der Waals surface area contributed by atoms with E-state index in [9.17, 15) is 0 Å². The average Bonchev–Trinajstić information content (AvgIpc) is 2.82. The summed E-state index contributed by atoms with van der Waals surface area (Å²) in [5.41, 5.74) is 4.40. The zero-order chi connectivity index (χ0) is 25.0. The summed E-state index contributed by atoms with van der Waals surface area (Å²) < 4.78 is 6.99. The lowest BCUT2D eigenvalue weighted by Gasteiger charge is -2.42. The zero-order valence-electron chi connectivity index (χ0n) is 22.7. The highest BCUT2D eigenvalue weighted by Crippen LogP contribution is 2.36. The molecule has 0 spiro atoms. The molecule has 0 aliphatic heterocycles. The second-order valence-corrected chi connectivity index (χ2v) is 14.9. The summed E-state index contributed by atoms with van der Waals surface area (Å²) in [6.45, 7) is 16.6. The molecule has 0 fully saturated rings. The fourth-order valence-electron chi connectivity index (χ4n) is 4.51. The van der Waals surface area contributed by atoms with E-state index in [0.717, 1.165) is 32.1 Å². The number of allylic oxidation sites excluding steroid dienone is 5. The van der Waals surface area contributed by atoms with E-state index in [1.54, 1.807) is 0 Å². The maximum Gasteiger partial charge on any atom is 0.261 e. The summed E-state index contributed by atoms with van der Waals surface area (Å²) in [6, 6.07) is 21.8. The smallest absolute Gasteiger partial charge is 0.261 e. The topological polar surface area (TPSA) is 9.23 Å². The van der Waals surface area contributed by atoms with Crippen molar-refractivity contribution in [1.29, 1.82) is 0 Å². The molecular formula is C32H46OSi. The Morgan fingerprint density at radius 3 is 1.59 bits per heavy atom. The predicted molar refractivity (Wildman–Crippen MR) is 154 cm³/mol. The van der Waals surface area contributed by atoms with Gasteiger partial charge in [0.25, 0.3) is 8.32 Å². The molecule has 0 bridgehead atoms. The van der Waals surface area contributed by atoms with Crippen LogP contribution >= 0.6 is 0 Å². The van der Waals surface area contributed by atoms with E-state index in [-0.39, 0.29) is 5.04 Å². The summed E-state index contributed by atoms with van der Waals surface area (Å²) in [6.07, 6.45) is 12.8. The van der Waals surface area contributed by atoms with E-state index in [1.165, 1.54) is 27.1 Å². The van der Waals surface area contributed by atoms with Gasteiger partial charge in [0.05, 0.1) is 6.61 Å². The van der Waals surface area contributed by atoms with Gasteiger partial charge in [-0.1, -0.05) is 123 Å². The molecule has 0 aliphatic carbocycles. The molecule has 0 aliphatic rings. The first-order chi connectivity index (χ1) is 16.2. The van der Waals surface area contributed by atoms with Gasteiger partial charge in [0.2, 0.25) is 0 Å². The average molecular weight is 475 g/mol. The first-order valence-electron chi connectivity index (χ1n) is 12.9. The van der Waals surface area contributed by atoms with E-state index in [1.807, 2.05) is 0 Å². The number of rotatable bonds is 12. The highest BCUT2D eigenvalue weighted by Gasteiger charge is 2.49. The van der Waals surface area contributed by atoms with E-state index < -0.39 is 8.32 Å². The van der Waals surface area contributed by atoms with Crippen molar-refractivity contribution in [2.75, 3.05) is 6.61 Å². The van der Waals surface area contributed by atoms with Crippen LogP contribution in [0.15, 0.2) is 95.6 Å². The van der Waals surface area contributed by atoms with Crippen molar-refractivity contribution in [3.05, 3.63) is 95.6 Å². The third-order valence-corrected chi connectivity index (χ3v) is 11.8. The molecule has 2 heteroatoms. The molecule has 184 valence electrons. The van der Waals surface area contributed by atoms with Gasteiger partial charge in [-0.2, -0.15) is 0 Å². The Morgan fingerprint density at radius 2 is 1.15 bits per heavy atom. The van der Waals surface area contributed by atoms with Gasteiger partial charge < -0.3 is 4.43 Å². The molecule has 0 heterocycles. The van der Waals surface area contributed by atoms with Crippen molar-refractivity contribution >= 4 is 18.7 Å². The van der Waals surface area contributed by atoms with Crippen molar-refractivity contribution in [2.45, 2.75) is 85.6 Å². The van der Waals surface area contributed by atoms with Crippen molar-refractivity contribution in [3.8, 4) is 0 Å². The molecule has 0 radical (unpaired) electrons. The van der Waals surface area contributed by atoms with E-state index in [2.05, 4.69) is 127 Å². The van der Waals surface area contributed by atoms with Gasteiger partial charge >= 0.3 is 0 Å². The summed E-state index contributed by atoms with van der Waals surface area (Å²) in [5, 5.41) is 2.69. The summed E-state index contributed by atoms with van der Waals surface area (Å²) in [4.78, 5) is 0. The molecule has 2 aromatic carbocycles. The van der Waals surface area contributed by atoms with E-state index in [0.29, 0.717) is 6.61 Å². The van der Waals surface area contributed by atoms with Crippen LogP contribution < -0.4 is 10.4 Å². The van der Waals surface area contributed by atoms with Crippen LogP contribution in [0.1, 0.15) is 80.6 Å². The van der Waals surface area contributed by atoms with Crippen molar-refractivity contribution in [2.24, 2.45) is 0 Å². The van der Waals surface area contributed by atoms with Gasteiger partial charge in [-0.25, -0.2) is 0 Å². The second kappa shape index (κ2) is 13.7. The Labute approximate surface area is 210 Å². The van der Waals surface area contributed by atoms with Gasteiger partial charge in [-0.3, -0.25) is 0 Å². The summed E-state index contributed by atoms with van der Waals surface area (Å²) >= 11 is 0. The quantitative estimate of drug-likeness (QED) is 0.222. The minimum absolute atomic E-state index is 0.0158. The van der Waals surface area contributed by atoms with Gasteiger partial charge in [-0.05, 0) is 68.3 Å². The summed E-state index contributed by atoms with van der Waals surface area (Å²) in [5.74, 6) is 0. The van der Waals surface area contributed by atoms with Crippen molar-refractivity contribution in [3.63, 3.8) is 0 Å². The molecule has 0 saturated carbocycles. The van der Waals surface area contributed by atoms with E-state index in [4.69, 9.17) is 4.43 Å². The Morgan fingerprint density at radius 1 is 0.706 bits per heavy atom. The Balaban J connectivity index is 2.10. The van der Waals surface area contributed by atoms with Crippen LogP contribution in [0, 0.1) is 0 Å². The standard InChI is InChI=1S/C32H46OSi/c1-8-27(2)17-15-18-28(3)19-16-20-29(4)25-26-33-34(32(5,6)7,30-21-11-9-12-22-30)31-23-13-10-14-24-31/h9-14,17,19,21-25H,8,15-16,18,20,26H2,1-7H3/b27-17-,28-19+,29-25+. The third-order valence-electron chi connectivity index (χ3n) is 6.77. The van der Waals surface area contributed by atoms with Crippen molar-refractivity contribution in [1.82, 2.24) is 0 Å². The van der Waals surface area contributed by atoms with Gasteiger partial charge in [0.15, 0.2) is 0 Å². The number of benzene rings is 2. The predicted octanol–water partition coefficient (Wildman–Crippen LogP) is 8.37. The Hall–Kier alpha value is -2.16. The van der Waals surface area contributed by atoms with Crippen LogP contribution in [0.3, 0.4) is 0 Å². The van der Waals surface area contributed by atoms with Gasteiger partial charge in [-0.15, -0.1) is 0 Å². The lowest BCUT2D eigenvalue weighted by molar-refractivity contribution is 0.338. The molecule has 0 N–H and O–H groups in total. The largest absolute Gasteiger partial charge is 0.404 e. The maximum atomic E-state index is 6.99. The zero-order valence-corrected chi connectivity index (χ0v) is 23.7. The minimum Gasteiger partial charge on any atom is -0.404 e. The second-order valence-electron chi connectivity index (χ2n) is 10.6. The van der Waals surface area contributed by atoms with Crippen LogP contribution in [0.25, 0.3) is 0 Å². The molecular weight excluding hydrogens is 428 g/mol. The first kappa shape index (κ1) is 28.1.